The van der Waals surface area contributed by atoms with Crippen molar-refractivity contribution in [1.29, 1.82) is 0 Å². The minimum Gasteiger partial charge on any atom is -0.299 e. The third-order valence-corrected chi connectivity index (χ3v) is 2.86. The van der Waals surface area contributed by atoms with Gasteiger partial charge in [0.05, 0.1) is 6.54 Å². The molecule has 0 atom stereocenters. The summed E-state index contributed by atoms with van der Waals surface area (Å²) in [6.45, 7) is 2.87. The molecule has 0 aromatic heterocycles. The number of hydrogen-bond acceptors (Lipinski definition) is 2. The largest absolute Gasteiger partial charge is 0.299 e. The van der Waals surface area contributed by atoms with Crippen LogP contribution in [0.15, 0.2) is 18.2 Å². The Morgan fingerprint density at radius 1 is 1.38 bits per heavy atom. The molecule has 0 spiro atoms. The summed E-state index contributed by atoms with van der Waals surface area (Å²) in [5, 5.41) is 1.33. The third-order valence-electron chi connectivity index (χ3n) is 2.27. The van der Waals surface area contributed by atoms with E-state index in [1.54, 1.807) is 13.0 Å². The molecule has 0 aliphatic carbocycles. The minimum atomic E-state index is 0.171. The van der Waals surface area contributed by atoms with Crippen LogP contribution in [0.1, 0.15) is 12.5 Å². The summed E-state index contributed by atoms with van der Waals surface area (Å²) >= 11 is 11.9. The molecule has 0 N–H and O–H groups in total. The molecule has 0 unspecified atom stereocenters. The van der Waals surface area contributed by atoms with Crippen molar-refractivity contribution < 1.29 is 4.79 Å². The summed E-state index contributed by atoms with van der Waals surface area (Å²) in [6.07, 6.45) is 0.819. The Morgan fingerprint density at radius 3 is 2.62 bits per heavy atom. The number of hydrogen-bond donors (Lipinski definition) is 0. The van der Waals surface area contributed by atoms with Gasteiger partial charge in [-0.05, 0) is 38.1 Å². The Balaban J connectivity index is 2.51. The first kappa shape index (κ1) is 13.5. The lowest BCUT2D eigenvalue weighted by molar-refractivity contribution is -0.117. The quantitative estimate of drug-likeness (QED) is 0.811. The first-order valence-electron chi connectivity index (χ1n) is 5.11. The van der Waals surface area contributed by atoms with Gasteiger partial charge in [0.25, 0.3) is 0 Å². The van der Waals surface area contributed by atoms with Crippen molar-refractivity contribution in [3.8, 4) is 0 Å². The number of carbonyl (C=O) groups is 1. The predicted octanol–water partition coefficient (Wildman–Crippen LogP) is 3.06. The summed E-state index contributed by atoms with van der Waals surface area (Å²) in [5.74, 6) is 0.171. The van der Waals surface area contributed by atoms with Gasteiger partial charge in [0.15, 0.2) is 0 Å². The molecule has 1 rings (SSSR count). The topological polar surface area (TPSA) is 20.3 Å². The molecule has 0 radical (unpaired) electrons. The van der Waals surface area contributed by atoms with E-state index >= 15 is 0 Å². The number of Topliss-reactive ketones (excluding diaryl/α,β-unsaturated/α-hetero) is 1. The highest BCUT2D eigenvalue weighted by Crippen LogP contribution is 2.21. The average Bonchev–Trinajstić information content (AvgIpc) is 2.15. The summed E-state index contributed by atoms with van der Waals surface area (Å²) in [4.78, 5) is 12.9. The molecule has 88 valence electrons. The zero-order valence-corrected chi connectivity index (χ0v) is 11.0. The zero-order valence-electron chi connectivity index (χ0n) is 9.46. The second-order valence-corrected chi connectivity index (χ2v) is 4.77. The van der Waals surface area contributed by atoms with Crippen molar-refractivity contribution in [2.24, 2.45) is 0 Å². The Hall–Kier alpha value is -0.570. The Morgan fingerprint density at radius 2 is 2.06 bits per heavy atom. The van der Waals surface area contributed by atoms with Crippen LogP contribution >= 0.6 is 23.2 Å². The third kappa shape index (κ3) is 4.52. The van der Waals surface area contributed by atoms with Gasteiger partial charge in [0.2, 0.25) is 0 Å². The lowest BCUT2D eigenvalue weighted by Crippen LogP contribution is -2.26. The first-order valence-corrected chi connectivity index (χ1v) is 5.86. The van der Waals surface area contributed by atoms with Crippen LogP contribution < -0.4 is 0 Å². The van der Waals surface area contributed by atoms with E-state index in [2.05, 4.69) is 0 Å². The molecule has 2 nitrogen and oxygen atoms in total. The van der Waals surface area contributed by atoms with Gasteiger partial charge in [-0.3, -0.25) is 9.69 Å². The van der Waals surface area contributed by atoms with Crippen LogP contribution in [0.3, 0.4) is 0 Å². The van der Waals surface area contributed by atoms with E-state index < -0.39 is 0 Å². The second kappa shape index (κ2) is 6.24. The molecule has 4 heteroatoms. The van der Waals surface area contributed by atoms with E-state index in [1.807, 2.05) is 24.1 Å². The van der Waals surface area contributed by atoms with Crippen molar-refractivity contribution in [1.82, 2.24) is 4.90 Å². The first-order chi connectivity index (χ1) is 7.49. The summed E-state index contributed by atoms with van der Waals surface area (Å²) in [5.41, 5.74) is 1.06. The van der Waals surface area contributed by atoms with Crippen molar-refractivity contribution in [2.45, 2.75) is 13.3 Å². The van der Waals surface area contributed by atoms with E-state index in [0.717, 1.165) is 18.5 Å². The fourth-order valence-electron chi connectivity index (χ4n) is 1.49. The fraction of sp³-hybridized carbons (Fsp3) is 0.417. The molecular formula is C12H15Cl2NO. The molecule has 0 saturated heterocycles. The number of likely N-dealkylation sites (N-methyl/N-ethyl adjacent to an activating group) is 1. The van der Waals surface area contributed by atoms with Gasteiger partial charge in [-0.2, -0.15) is 0 Å². The molecule has 0 fully saturated rings. The molecule has 0 heterocycles. The molecule has 0 aliphatic rings. The van der Waals surface area contributed by atoms with E-state index in [-0.39, 0.29) is 5.78 Å². The van der Waals surface area contributed by atoms with Gasteiger partial charge in [-0.25, -0.2) is 0 Å². The number of carbonyl (C=O) groups excluding carboxylic acids is 1. The number of nitrogens with zero attached hydrogens (tertiary/aromatic N) is 1. The molecule has 0 aliphatic heterocycles. The van der Waals surface area contributed by atoms with Crippen molar-refractivity contribution in [3.05, 3.63) is 33.8 Å². The van der Waals surface area contributed by atoms with Crippen LogP contribution in [-0.2, 0) is 11.2 Å². The van der Waals surface area contributed by atoms with Gasteiger partial charge in [-0.1, -0.05) is 29.3 Å². The average molecular weight is 260 g/mol. The van der Waals surface area contributed by atoms with E-state index in [9.17, 15) is 4.79 Å². The van der Waals surface area contributed by atoms with Gasteiger partial charge >= 0.3 is 0 Å². The minimum absolute atomic E-state index is 0.171. The van der Waals surface area contributed by atoms with E-state index in [1.165, 1.54) is 0 Å². The summed E-state index contributed by atoms with van der Waals surface area (Å²) < 4.78 is 0. The zero-order chi connectivity index (χ0) is 12.1. The molecule has 1 aromatic carbocycles. The smallest absolute Gasteiger partial charge is 0.143 e. The molecule has 16 heavy (non-hydrogen) atoms. The molecule has 0 amide bonds. The SMILES string of the molecule is CC(=O)CN(C)CCc1ccc(Cl)cc1Cl. The highest BCUT2D eigenvalue weighted by molar-refractivity contribution is 6.35. The van der Waals surface area contributed by atoms with Gasteiger partial charge < -0.3 is 0 Å². The molecule has 0 saturated carbocycles. The van der Waals surface area contributed by atoms with Gasteiger partial charge in [-0.15, -0.1) is 0 Å². The van der Waals surface area contributed by atoms with Gasteiger partial charge in [0.1, 0.15) is 5.78 Å². The standard InChI is InChI=1S/C12H15Cl2NO/c1-9(16)8-15(2)6-5-10-3-4-11(13)7-12(10)14/h3-4,7H,5-6,8H2,1-2H3. The van der Waals surface area contributed by atoms with Crippen LogP contribution in [0.5, 0.6) is 0 Å². The lowest BCUT2D eigenvalue weighted by Gasteiger charge is -2.15. The Kier molecular flexibility index (Phi) is 5.26. The molecule has 0 bridgehead atoms. The Bertz CT molecular complexity index is 379. The number of halogens is 2. The second-order valence-electron chi connectivity index (χ2n) is 3.93. The monoisotopic (exact) mass is 259 g/mol. The highest BCUT2D eigenvalue weighted by Gasteiger charge is 2.05. The van der Waals surface area contributed by atoms with Crippen molar-refractivity contribution in [3.63, 3.8) is 0 Å². The van der Waals surface area contributed by atoms with Crippen LogP contribution in [0.4, 0.5) is 0 Å². The number of ketones is 1. The predicted molar refractivity (Wildman–Crippen MR) is 68.3 cm³/mol. The normalized spacial score (nSPS) is 10.8. The molecule has 1 aromatic rings. The maximum absolute atomic E-state index is 10.9. The van der Waals surface area contributed by atoms with Crippen molar-refractivity contribution in [2.75, 3.05) is 20.1 Å². The number of benzene rings is 1. The highest BCUT2D eigenvalue weighted by atomic mass is 35.5. The summed E-state index contributed by atoms with van der Waals surface area (Å²) in [7, 11) is 1.92. The number of rotatable bonds is 5. The Labute approximate surface area is 106 Å². The summed E-state index contributed by atoms with van der Waals surface area (Å²) in [6, 6.07) is 5.49. The maximum atomic E-state index is 10.9. The van der Waals surface area contributed by atoms with Crippen LogP contribution in [0.25, 0.3) is 0 Å². The van der Waals surface area contributed by atoms with Gasteiger partial charge in [0, 0.05) is 16.6 Å². The molecular weight excluding hydrogens is 245 g/mol. The van der Waals surface area contributed by atoms with Crippen LogP contribution in [-0.4, -0.2) is 30.8 Å². The van der Waals surface area contributed by atoms with E-state index in [0.29, 0.717) is 16.6 Å². The lowest BCUT2D eigenvalue weighted by atomic mass is 10.1. The maximum Gasteiger partial charge on any atom is 0.143 e. The fourth-order valence-corrected chi connectivity index (χ4v) is 2.00. The van der Waals surface area contributed by atoms with Crippen molar-refractivity contribution >= 4 is 29.0 Å². The van der Waals surface area contributed by atoms with E-state index in [4.69, 9.17) is 23.2 Å². The van der Waals surface area contributed by atoms with Crippen LogP contribution in [0, 0.1) is 0 Å². The van der Waals surface area contributed by atoms with Crippen LogP contribution in [0.2, 0.25) is 10.0 Å².